The lowest BCUT2D eigenvalue weighted by Gasteiger charge is -2.35. The van der Waals surface area contributed by atoms with Crippen molar-refractivity contribution in [3.05, 3.63) is 59.2 Å². The summed E-state index contributed by atoms with van der Waals surface area (Å²) >= 11 is 0. The molecule has 3 rings (SSSR count). The number of halogens is 3. The lowest BCUT2D eigenvalue weighted by molar-refractivity contribution is -0.144. The van der Waals surface area contributed by atoms with Gasteiger partial charge in [0.2, 0.25) is 0 Å². The largest absolute Gasteiger partial charge is 0.465 e. The molecule has 1 N–H and O–H groups in total. The Kier molecular flexibility index (Phi) is 8.09. The Morgan fingerprint density at radius 1 is 1.18 bits per heavy atom. The molecule has 0 bridgehead atoms. The van der Waals surface area contributed by atoms with Gasteiger partial charge < -0.3 is 9.84 Å². The van der Waals surface area contributed by atoms with Crippen LogP contribution in [0.4, 0.5) is 24.5 Å². The van der Waals surface area contributed by atoms with E-state index in [0.29, 0.717) is 60.5 Å². The van der Waals surface area contributed by atoms with Crippen LogP contribution in [0.3, 0.4) is 0 Å². The molecule has 0 saturated heterocycles. The molecule has 6 nitrogen and oxygen atoms in total. The number of alkyl halides is 3. The van der Waals surface area contributed by atoms with E-state index in [4.69, 9.17) is 4.74 Å². The van der Waals surface area contributed by atoms with Crippen molar-refractivity contribution in [1.29, 1.82) is 0 Å². The fourth-order valence-electron chi connectivity index (χ4n) is 3.58. The average molecular weight is 476 g/mol. The number of amidine groups is 1. The van der Waals surface area contributed by atoms with Crippen molar-refractivity contribution in [1.82, 2.24) is 0 Å². The van der Waals surface area contributed by atoms with E-state index in [9.17, 15) is 27.9 Å². The first-order chi connectivity index (χ1) is 16.1. The van der Waals surface area contributed by atoms with Crippen LogP contribution in [0.25, 0.3) is 0 Å². The maximum Gasteiger partial charge on any atom is 0.416 e. The molecular formula is C25H27F3N2O4. The second-order valence-corrected chi connectivity index (χ2v) is 8.54. The zero-order valence-electron chi connectivity index (χ0n) is 19.0. The number of hydrogen-bond donors (Lipinski definition) is 1. The average Bonchev–Trinajstić information content (AvgIpc) is 2.79. The van der Waals surface area contributed by atoms with Crippen LogP contribution in [0.15, 0.2) is 47.5 Å². The minimum Gasteiger partial charge on any atom is -0.465 e. The Hall–Kier alpha value is -3.20. The quantitative estimate of drug-likeness (QED) is 0.280. The second kappa shape index (κ2) is 10.8. The fourth-order valence-corrected chi connectivity index (χ4v) is 3.58. The van der Waals surface area contributed by atoms with Crippen LogP contribution in [0.5, 0.6) is 0 Å². The summed E-state index contributed by atoms with van der Waals surface area (Å²) in [5.74, 6) is 0.383. The molecule has 0 aliphatic carbocycles. The first-order valence-electron chi connectivity index (χ1n) is 11.1. The van der Waals surface area contributed by atoms with Gasteiger partial charge in [-0.2, -0.15) is 13.2 Å². The third-order valence-corrected chi connectivity index (χ3v) is 5.32. The molecule has 182 valence electrons. The van der Waals surface area contributed by atoms with E-state index < -0.39 is 18.0 Å². The van der Waals surface area contributed by atoms with Crippen molar-refractivity contribution in [3.63, 3.8) is 0 Å². The number of esters is 1. The Morgan fingerprint density at radius 2 is 1.88 bits per heavy atom. The first kappa shape index (κ1) is 25.4. The number of aliphatic hydroxyl groups is 1. The van der Waals surface area contributed by atoms with Crippen molar-refractivity contribution in [2.75, 3.05) is 11.5 Å². The highest BCUT2D eigenvalue weighted by Crippen LogP contribution is 2.39. The van der Waals surface area contributed by atoms with Crippen LogP contribution in [-0.4, -0.2) is 29.8 Å². The van der Waals surface area contributed by atoms with Gasteiger partial charge in [0.05, 0.1) is 17.9 Å². The number of fused-ring (bicyclic) bond motifs is 1. The van der Waals surface area contributed by atoms with Crippen molar-refractivity contribution < 1.29 is 32.6 Å². The Morgan fingerprint density at radius 3 is 2.50 bits per heavy atom. The van der Waals surface area contributed by atoms with Gasteiger partial charge in [-0.1, -0.05) is 26.0 Å². The summed E-state index contributed by atoms with van der Waals surface area (Å²) in [6.07, 6.45) is -3.34. The van der Waals surface area contributed by atoms with E-state index in [0.717, 1.165) is 12.1 Å². The number of carbonyl (C=O) groups is 2. The lowest BCUT2D eigenvalue weighted by Crippen LogP contribution is -2.37. The van der Waals surface area contributed by atoms with E-state index in [2.05, 4.69) is 4.99 Å². The van der Waals surface area contributed by atoms with E-state index in [1.165, 1.54) is 17.0 Å². The summed E-state index contributed by atoms with van der Waals surface area (Å²) in [7, 11) is 0. The van der Waals surface area contributed by atoms with Gasteiger partial charge in [0, 0.05) is 29.7 Å². The van der Waals surface area contributed by atoms with E-state index >= 15 is 0 Å². The molecular weight excluding hydrogens is 449 g/mol. The molecule has 1 heterocycles. The second-order valence-electron chi connectivity index (χ2n) is 8.54. The van der Waals surface area contributed by atoms with Gasteiger partial charge in [-0.3, -0.25) is 14.5 Å². The third-order valence-electron chi connectivity index (χ3n) is 5.32. The van der Waals surface area contributed by atoms with Gasteiger partial charge >= 0.3 is 12.1 Å². The van der Waals surface area contributed by atoms with Crippen LogP contribution < -0.4 is 4.90 Å². The van der Waals surface area contributed by atoms with Gasteiger partial charge in [0.25, 0.3) is 0 Å². The fraction of sp³-hybridized carbons (Fsp3) is 0.400. The van der Waals surface area contributed by atoms with Crippen LogP contribution >= 0.6 is 0 Å². The van der Waals surface area contributed by atoms with Gasteiger partial charge in [0.15, 0.2) is 6.23 Å². The minimum atomic E-state index is -4.47. The standard InChI is InChI=1S/C25H27F3N2O4/c1-16(2)15-34-23(32)6-4-3-5-22-29-21-13-17(14-31)7-12-20(21)24(33)30(22)19-10-8-18(9-11-19)25(26,27)28/h7-14,16,24,33H,3-6,15H2,1-2H3. The molecule has 0 saturated carbocycles. The van der Waals surface area contributed by atoms with Gasteiger partial charge in [-0.25, -0.2) is 4.99 Å². The topological polar surface area (TPSA) is 79.2 Å². The Balaban J connectivity index is 1.81. The predicted octanol–water partition coefficient (Wildman–Crippen LogP) is 5.82. The minimum absolute atomic E-state index is 0.231. The van der Waals surface area contributed by atoms with E-state index in [-0.39, 0.29) is 18.3 Å². The molecule has 1 unspecified atom stereocenters. The zero-order valence-corrected chi connectivity index (χ0v) is 19.0. The Bertz CT molecular complexity index is 1050. The highest BCUT2D eigenvalue weighted by Gasteiger charge is 2.32. The summed E-state index contributed by atoms with van der Waals surface area (Å²) < 4.78 is 44.2. The Labute approximate surface area is 196 Å². The summed E-state index contributed by atoms with van der Waals surface area (Å²) in [6.45, 7) is 4.25. The molecule has 9 heteroatoms. The first-order valence-corrected chi connectivity index (χ1v) is 11.1. The monoisotopic (exact) mass is 476 g/mol. The molecule has 2 aromatic carbocycles. The molecule has 1 atom stereocenters. The summed E-state index contributed by atoms with van der Waals surface area (Å²) in [4.78, 5) is 29.1. The molecule has 1 aliphatic heterocycles. The summed E-state index contributed by atoms with van der Waals surface area (Å²) in [5.41, 5.74) is 0.806. The summed E-state index contributed by atoms with van der Waals surface area (Å²) in [5, 5.41) is 11.1. The molecule has 0 amide bonds. The number of ether oxygens (including phenoxy) is 1. The molecule has 0 aromatic heterocycles. The third kappa shape index (κ3) is 6.22. The number of unbranched alkanes of at least 4 members (excludes halogenated alkanes) is 1. The number of rotatable bonds is 9. The number of hydrogen-bond acceptors (Lipinski definition) is 6. The summed E-state index contributed by atoms with van der Waals surface area (Å²) in [6, 6.07) is 9.16. The molecule has 1 aliphatic rings. The number of benzene rings is 2. The molecule has 0 radical (unpaired) electrons. The molecule has 34 heavy (non-hydrogen) atoms. The van der Waals surface area contributed by atoms with Crippen LogP contribution in [0.2, 0.25) is 0 Å². The van der Waals surface area contributed by atoms with Crippen molar-refractivity contribution >= 4 is 29.5 Å². The lowest BCUT2D eigenvalue weighted by atomic mass is 10.0. The van der Waals surface area contributed by atoms with Gasteiger partial charge in [-0.05, 0) is 49.1 Å². The highest BCUT2D eigenvalue weighted by atomic mass is 19.4. The number of nitrogens with zero attached hydrogens (tertiary/aromatic N) is 2. The SMILES string of the molecule is CC(C)COC(=O)CCCCC1=Nc2cc(C=O)ccc2C(O)N1c1ccc(C(F)(F)F)cc1. The van der Waals surface area contributed by atoms with Crippen LogP contribution in [-0.2, 0) is 15.7 Å². The van der Waals surface area contributed by atoms with E-state index in [1.807, 2.05) is 13.8 Å². The number of aldehydes is 1. The van der Waals surface area contributed by atoms with E-state index in [1.54, 1.807) is 18.2 Å². The van der Waals surface area contributed by atoms with Crippen molar-refractivity contribution in [2.24, 2.45) is 10.9 Å². The van der Waals surface area contributed by atoms with Crippen molar-refractivity contribution in [3.8, 4) is 0 Å². The predicted molar refractivity (Wildman–Crippen MR) is 122 cm³/mol. The van der Waals surface area contributed by atoms with Gasteiger partial charge in [0.1, 0.15) is 12.1 Å². The molecule has 2 aromatic rings. The van der Waals surface area contributed by atoms with Gasteiger partial charge in [-0.15, -0.1) is 0 Å². The normalized spacial score (nSPS) is 15.7. The maximum atomic E-state index is 13.0. The number of aliphatic hydroxyl groups excluding tert-OH is 1. The van der Waals surface area contributed by atoms with Crippen LogP contribution in [0.1, 0.15) is 67.2 Å². The number of aliphatic imine (C=N–C) groups is 1. The highest BCUT2D eigenvalue weighted by molar-refractivity contribution is 6.02. The smallest absolute Gasteiger partial charge is 0.416 e. The maximum absolute atomic E-state index is 13.0. The molecule has 0 spiro atoms. The van der Waals surface area contributed by atoms with Crippen LogP contribution in [0, 0.1) is 5.92 Å². The zero-order chi connectivity index (χ0) is 24.9. The molecule has 0 fully saturated rings. The van der Waals surface area contributed by atoms with Crippen molar-refractivity contribution in [2.45, 2.75) is 51.9 Å². The number of carbonyl (C=O) groups excluding carboxylic acids is 2. The number of anilines is 1.